The molecule has 19 heavy (non-hydrogen) atoms. The number of halogens is 2. The number of carbonyl (C=O) groups is 2. The molecule has 7 heteroatoms. The van der Waals surface area contributed by atoms with Crippen LogP contribution in [0, 0.1) is 0 Å². The third kappa shape index (κ3) is 3.20. The maximum atomic E-state index is 12.6. The molecule has 1 aromatic rings. The van der Waals surface area contributed by atoms with Crippen molar-refractivity contribution in [1.82, 2.24) is 10.2 Å². The number of amides is 2. The van der Waals surface area contributed by atoms with Crippen molar-refractivity contribution in [2.75, 3.05) is 13.6 Å². The Morgan fingerprint density at radius 1 is 1.42 bits per heavy atom. The molecular weight excluding hydrogens is 396 g/mol. The zero-order valence-electron chi connectivity index (χ0n) is 10.4. The highest BCUT2D eigenvalue weighted by Crippen LogP contribution is 2.33. The van der Waals surface area contributed by atoms with Gasteiger partial charge in [-0.1, -0.05) is 0 Å². The minimum atomic E-state index is -0.350. The molecule has 0 saturated carbocycles. The third-order valence-electron chi connectivity index (χ3n) is 3.20. The van der Waals surface area contributed by atoms with E-state index in [1.54, 1.807) is 18.0 Å². The Bertz CT molecular complexity index is 504. The van der Waals surface area contributed by atoms with Crippen LogP contribution in [-0.2, 0) is 4.79 Å². The van der Waals surface area contributed by atoms with Crippen LogP contribution in [0.15, 0.2) is 13.6 Å². The van der Waals surface area contributed by atoms with E-state index in [0.29, 0.717) is 12.1 Å². The number of nitrogens with one attached hydrogen (secondary N) is 1. The summed E-state index contributed by atoms with van der Waals surface area (Å²) in [5.41, 5.74) is 0.618. The van der Waals surface area contributed by atoms with Crippen molar-refractivity contribution in [2.45, 2.75) is 25.3 Å². The van der Waals surface area contributed by atoms with E-state index in [1.165, 1.54) is 11.3 Å². The van der Waals surface area contributed by atoms with E-state index >= 15 is 0 Å². The fourth-order valence-corrected chi connectivity index (χ4v) is 5.03. The van der Waals surface area contributed by atoms with Gasteiger partial charge in [0.05, 0.1) is 13.1 Å². The number of likely N-dealkylation sites (N-methyl/N-ethyl adjacent to an activating group) is 1. The van der Waals surface area contributed by atoms with Crippen LogP contribution < -0.4 is 5.32 Å². The Hall–Kier alpha value is -0.400. The highest BCUT2D eigenvalue weighted by Gasteiger charge is 2.33. The van der Waals surface area contributed by atoms with Crippen LogP contribution in [0.4, 0.5) is 0 Å². The third-order valence-corrected chi connectivity index (χ3v) is 5.54. The first-order valence-corrected chi connectivity index (χ1v) is 8.42. The number of rotatable bonds is 2. The van der Waals surface area contributed by atoms with Gasteiger partial charge < -0.3 is 10.2 Å². The number of likely N-dealkylation sites (tertiary alicyclic amines) is 1. The molecule has 1 atom stereocenters. The number of carbonyl (C=O) groups excluding carboxylic acids is 2. The van der Waals surface area contributed by atoms with Gasteiger partial charge in [-0.05, 0) is 57.2 Å². The van der Waals surface area contributed by atoms with E-state index in [2.05, 4.69) is 37.2 Å². The van der Waals surface area contributed by atoms with E-state index in [9.17, 15) is 9.59 Å². The van der Waals surface area contributed by atoms with E-state index in [4.69, 9.17) is 0 Å². The molecular formula is C12H14Br2N2O2S. The SMILES string of the molecule is CNC(=O)C1CCCCN1C(=O)c1cc(Br)sc1Br. The lowest BCUT2D eigenvalue weighted by Gasteiger charge is -2.34. The smallest absolute Gasteiger partial charge is 0.256 e. The highest BCUT2D eigenvalue weighted by molar-refractivity contribution is 9.12. The quantitative estimate of drug-likeness (QED) is 0.816. The molecule has 2 amide bonds. The summed E-state index contributed by atoms with van der Waals surface area (Å²) in [5.74, 6) is -0.166. The zero-order valence-corrected chi connectivity index (χ0v) is 14.4. The molecule has 0 aliphatic carbocycles. The second-order valence-corrected chi connectivity index (χ2v) is 8.11. The topological polar surface area (TPSA) is 49.4 Å². The van der Waals surface area contributed by atoms with E-state index in [-0.39, 0.29) is 17.9 Å². The molecule has 1 saturated heterocycles. The van der Waals surface area contributed by atoms with Gasteiger partial charge in [0, 0.05) is 13.6 Å². The molecule has 2 heterocycles. The molecule has 1 N–H and O–H groups in total. The first-order valence-electron chi connectivity index (χ1n) is 6.02. The summed E-state index contributed by atoms with van der Waals surface area (Å²) in [4.78, 5) is 26.1. The van der Waals surface area contributed by atoms with Gasteiger partial charge in [0.2, 0.25) is 5.91 Å². The Morgan fingerprint density at radius 3 is 2.74 bits per heavy atom. The van der Waals surface area contributed by atoms with Gasteiger partial charge in [0.1, 0.15) is 6.04 Å². The Morgan fingerprint density at radius 2 is 2.16 bits per heavy atom. The van der Waals surface area contributed by atoms with Gasteiger partial charge >= 0.3 is 0 Å². The van der Waals surface area contributed by atoms with Crippen molar-refractivity contribution in [3.8, 4) is 0 Å². The van der Waals surface area contributed by atoms with Crippen LogP contribution in [-0.4, -0.2) is 36.3 Å². The first kappa shape index (κ1) is 15.0. The molecule has 1 unspecified atom stereocenters. The number of piperidine rings is 1. The number of nitrogens with zero attached hydrogens (tertiary/aromatic N) is 1. The minimum Gasteiger partial charge on any atom is -0.357 e. The standard InChI is InChI=1S/C12H14Br2N2O2S/c1-15-11(17)8-4-2-3-5-16(8)12(18)7-6-9(13)19-10(7)14/h6,8H,2-5H2,1H3,(H,15,17). The van der Waals surface area contributed by atoms with Gasteiger partial charge in [-0.2, -0.15) is 0 Å². The summed E-state index contributed by atoms with van der Waals surface area (Å²) in [6.07, 6.45) is 2.66. The normalized spacial score (nSPS) is 19.3. The Labute approximate surface area is 132 Å². The van der Waals surface area contributed by atoms with Crippen LogP contribution >= 0.6 is 43.2 Å². The Balaban J connectivity index is 2.25. The summed E-state index contributed by atoms with van der Waals surface area (Å²) < 4.78 is 1.70. The Kier molecular flexibility index (Phi) is 5.03. The maximum absolute atomic E-state index is 12.6. The van der Waals surface area contributed by atoms with E-state index in [1.807, 2.05) is 0 Å². The lowest BCUT2D eigenvalue weighted by atomic mass is 10.0. The molecule has 0 spiro atoms. The summed E-state index contributed by atoms with van der Waals surface area (Å²) >= 11 is 8.23. The zero-order chi connectivity index (χ0) is 14.0. The van der Waals surface area contributed by atoms with Crippen LogP contribution in [0.25, 0.3) is 0 Å². The summed E-state index contributed by atoms with van der Waals surface area (Å²) in [6.45, 7) is 0.636. The molecule has 1 aliphatic heterocycles. The highest BCUT2D eigenvalue weighted by atomic mass is 79.9. The van der Waals surface area contributed by atoms with Gasteiger partial charge in [0.25, 0.3) is 5.91 Å². The maximum Gasteiger partial charge on any atom is 0.256 e. The fourth-order valence-electron chi connectivity index (χ4n) is 2.25. The predicted octanol–water partition coefficient (Wildman–Crippen LogP) is 3.01. The van der Waals surface area contributed by atoms with Crippen molar-refractivity contribution in [2.24, 2.45) is 0 Å². The van der Waals surface area contributed by atoms with Crippen LogP contribution in [0.2, 0.25) is 0 Å². The minimum absolute atomic E-state index is 0.0814. The van der Waals surface area contributed by atoms with Crippen molar-refractivity contribution in [3.63, 3.8) is 0 Å². The molecule has 1 aliphatic rings. The van der Waals surface area contributed by atoms with Crippen LogP contribution in [0.3, 0.4) is 0 Å². The van der Waals surface area contributed by atoms with Crippen molar-refractivity contribution >= 4 is 55.0 Å². The van der Waals surface area contributed by atoms with E-state index < -0.39 is 0 Å². The fraction of sp³-hybridized carbons (Fsp3) is 0.500. The monoisotopic (exact) mass is 408 g/mol. The number of hydrogen-bond acceptors (Lipinski definition) is 3. The lowest BCUT2D eigenvalue weighted by molar-refractivity contribution is -0.126. The van der Waals surface area contributed by atoms with Crippen LogP contribution in [0.1, 0.15) is 29.6 Å². The summed E-state index contributed by atoms with van der Waals surface area (Å²) in [7, 11) is 1.61. The molecule has 0 bridgehead atoms. The first-order chi connectivity index (χ1) is 9.04. The second-order valence-electron chi connectivity index (χ2n) is 4.36. The van der Waals surface area contributed by atoms with Crippen LogP contribution in [0.5, 0.6) is 0 Å². The number of hydrogen-bond donors (Lipinski definition) is 1. The average molecular weight is 410 g/mol. The van der Waals surface area contributed by atoms with Gasteiger partial charge in [0.15, 0.2) is 0 Å². The molecule has 0 aromatic carbocycles. The average Bonchev–Trinajstić information content (AvgIpc) is 2.76. The van der Waals surface area contributed by atoms with Crippen molar-refractivity contribution in [3.05, 3.63) is 19.2 Å². The molecule has 1 fully saturated rings. The molecule has 1 aromatic heterocycles. The summed E-state index contributed by atoms with van der Waals surface area (Å²) in [6, 6.07) is 1.45. The van der Waals surface area contributed by atoms with Gasteiger partial charge in [-0.15, -0.1) is 11.3 Å². The predicted molar refractivity (Wildman–Crippen MR) is 82.5 cm³/mol. The summed E-state index contributed by atoms with van der Waals surface area (Å²) in [5, 5.41) is 2.64. The number of thiophene rings is 1. The van der Waals surface area contributed by atoms with E-state index in [0.717, 1.165) is 26.8 Å². The second kappa shape index (κ2) is 6.37. The lowest BCUT2D eigenvalue weighted by Crippen LogP contribution is -2.51. The van der Waals surface area contributed by atoms with Gasteiger partial charge in [-0.25, -0.2) is 0 Å². The molecule has 2 rings (SSSR count). The van der Waals surface area contributed by atoms with Crippen molar-refractivity contribution < 1.29 is 9.59 Å². The van der Waals surface area contributed by atoms with Gasteiger partial charge in [-0.3, -0.25) is 9.59 Å². The van der Waals surface area contributed by atoms with Crippen molar-refractivity contribution in [1.29, 1.82) is 0 Å². The molecule has 4 nitrogen and oxygen atoms in total. The molecule has 0 radical (unpaired) electrons. The molecule has 104 valence electrons. The largest absolute Gasteiger partial charge is 0.357 e.